The summed E-state index contributed by atoms with van der Waals surface area (Å²) in [7, 11) is 2.89. The number of halogens is 2. The molecule has 1 aliphatic rings. The zero-order valence-corrected chi connectivity index (χ0v) is 18.1. The lowest BCUT2D eigenvalue weighted by Crippen LogP contribution is -2.27. The molecule has 0 aliphatic carbocycles. The van der Waals surface area contributed by atoms with Gasteiger partial charge >= 0.3 is 0 Å². The van der Waals surface area contributed by atoms with Gasteiger partial charge in [-0.05, 0) is 17.7 Å². The number of phenolic OH excluding ortho intramolecular Hbond substituents is 1. The highest BCUT2D eigenvalue weighted by Gasteiger charge is 2.32. The molecule has 0 bridgehead atoms. The SMILES string of the molecule is C=CC(=O)N(C)c1cccc2c1CN(C(=O)c1c(O)cc(OC)c(Cl)c1F)C2.CC. The van der Waals surface area contributed by atoms with E-state index in [0.717, 1.165) is 17.2 Å². The van der Waals surface area contributed by atoms with Gasteiger partial charge in [-0.1, -0.05) is 44.2 Å². The first-order valence-electron chi connectivity index (χ1n) is 9.35. The number of hydrogen-bond donors (Lipinski definition) is 1. The second-order valence-corrected chi connectivity index (χ2v) is 6.66. The minimum absolute atomic E-state index is 0.0650. The average molecular weight is 435 g/mol. The number of ether oxygens (including phenoxy) is 1. The van der Waals surface area contributed by atoms with E-state index in [0.29, 0.717) is 5.69 Å². The second-order valence-electron chi connectivity index (χ2n) is 6.28. The Morgan fingerprint density at radius 2 is 2.00 bits per heavy atom. The fourth-order valence-electron chi connectivity index (χ4n) is 3.22. The zero-order chi connectivity index (χ0) is 22.6. The average Bonchev–Trinajstić information content (AvgIpc) is 3.21. The minimum atomic E-state index is -1.04. The number of amides is 2. The van der Waals surface area contributed by atoms with E-state index in [2.05, 4.69) is 6.58 Å². The Bertz CT molecular complexity index is 994. The lowest BCUT2D eigenvalue weighted by molar-refractivity contribution is -0.113. The van der Waals surface area contributed by atoms with Crippen molar-refractivity contribution in [1.82, 2.24) is 4.90 Å². The summed E-state index contributed by atoms with van der Waals surface area (Å²) in [5, 5.41) is 9.76. The second kappa shape index (κ2) is 9.63. The molecule has 1 N–H and O–H groups in total. The van der Waals surface area contributed by atoms with Crippen LogP contribution in [0.5, 0.6) is 11.5 Å². The number of rotatable bonds is 4. The molecule has 0 radical (unpaired) electrons. The third-order valence-electron chi connectivity index (χ3n) is 4.70. The summed E-state index contributed by atoms with van der Waals surface area (Å²) in [6.45, 7) is 7.84. The van der Waals surface area contributed by atoms with E-state index in [9.17, 15) is 19.1 Å². The number of hydrogen-bond acceptors (Lipinski definition) is 4. The highest BCUT2D eigenvalue weighted by Crippen LogP contribution is 2.38. The van der Waals surface area contributed by atoms with E-state index in [1.54, 1.807) is 19.2 Å². The normalized spacial score (nSPS) is 11.9. The van der Waals surface area contributed by atoms with E-state index < -0.39 is 23.0 Å². The highest BCUT2D eigenvalue weighted by molar-refractivity contribution is 6.32. The summed E-state index contributed by atoms with van der Waals surface area (Å²) >= 11 is 5.89. The molecule has 0 aromatic heterocycles. The molecule has 8 heteroatoms. The minimum Gasteiger partial charge on any atom is -0.507 e. The smallest absolute Gasteiger partial charge is 0.261 e. The van der Waals surface area contributed by atoms with Crippen LogP contribution in [0.3, 0.4) is 0 Å². The fraction of sp³-hybridized carbons (Fsp3) is 0.273. The van der Waals surface area contributed by atoms with Crippen LogP contribution in [0.4, 0.5) is 10.1 Å². The van der Waals surface area contributed by atoms with Gasteiger partial charge in [0.25, 0.3) is 5.91 Å². The first kappa shape index (κ1) is 23.2. The first-order valence-corrected chi connectivity index (χ1v) is 9.73. The Hall–Kier alpha value is -3.06. The largest absolute Gasteiger partial charge is 0.507 e. The number of likely N-dealkylation sites (N-methyl/N-ethyl adjacent to an activating group) is 1. The van der Waals surface area contributed by atoms with Crippen LogP contribution in [0.15, 0.2) is 36.9 Å². The van der Waals surface area contributed by atoms with Crippen molar-refractivity contribution in [3.05, 3.63) is 64.5 Å². The summed E-state index contributed by atoms with van der Waals surface area (Å²) in [5.41, 5.74) is 1.72. The highest BCUT2D eigenvalue weighted by atomic mass is 35.5. The topological polar surface area (TPSA) is 70.1 Å². The van der Waals surface area contributed by atoms with Crippen molar-refractivity contribution in [2.45, 2.75) is 26.9 Å². The molecule has 0 saturated heterocycles. The molecule has 3 rings (SSSR count). The van der Waals surface area contributed by atoms with E-state index in [1.807, 2.05) is 19.9 Å². The summed E-state index contributed by atoms with van der Waals surface area (Å²) in [6, 6.07) is 6.47. The van der Waals surface area contributed by atoms with Gasteiger partial charge in [-0.3, -0.25) is 9.59 Å². The molecule has 2 aromatic carbocycles. The van der Waals surface area contributed by atoms with Crippen LogP contribution in [0.2, 0.25) is 5.02 Å². The summed E-state index contributed by atoms with van der Waals surface area (Å²) in [4.78, 5) is 27.7. The van der Waals surface area contributed by atoms with E-state index in [1.165, 1.54) is 23.0 Å². The molecule has 0 unspecified atom stereocenters. The van der Waals surface area contributed by atoms with E-state index >= 15 is 0 Å². The van der Waals surface area contributed by atoms with Gasteiger partial charge in [-0.25, -0.2) is 4.39 Å². The molecule has 0 atom stereocenters. The predicted molar refractivity (Wildman–Crippen MR) is 115 cm³/mol. The summed E-state index contributed by atoms with van der Waals surface area (Å²) < 4.78 is 19.5. The van der Waals surface area contributed by atoms with Crippen molar-refractivity contribution in [1.29, 1.82) is 0 Å². The summed E-state index contributed by atoms with van der Waals surface area (Å²) in [5.74, 6) is -2.66. The third kappa shape index (κ3) is 4.11. The molecule has 1 aliphatic heterocycles. The number of carbonyl (C=O) groups excluding carboxylic acids is 2. The number of phenols is 1. The van der Waals surface area contributed by atoms with Crippen LogP contribution >= 0.6 is 11.6 Å². The molecule has 6 nitrogen and oxygen atoms in total. The number of carbonyl (C=O) groups is 2. The number of methoxy groups -OCH3 is 1. The van der Waals surface area contributed by atoms with Crippen LogP contribution in [0.1, 0.15) is 35.3 Å². The molecule has 2 amide bonds. The monoisotopic (exact) mass is 434 g/mol. The Kier molecular flexibility index (Phi) is 7.45. The molecule has 0 fully saturated rings. The molecule has 30 heavy (non-hydrogen) atoms. The number of benzene rings is 2. The van der Waals surface area contributed by atoms with Gasteiger partial charge in [-0.15, -0.1) is 0 Å². The van der Waals surface area contributed by atoms with Crippen LogP contribution < -0.4 is 9.64 Å². The number of aromatic hydroxyl groups is 1. The van der Waals surface area contributed by atoms with Crippen molar-refractivity contribution in [3.8, 4) is 11.5 Å². The zero-order valence-electron chi connectivity index (χ0n) is 17.3. The third-order valence-corrected chi connectivity index (χ3v) is 5.05. The lowest BCUT2D eigenvalue weighted by Gasteiger charge is -2.20. The van der Waals surface area contributed by atoms with Gasteiger partial charge in [0.2, 0.25) is 5.91 Å². The Morgan fingerprint density at radius 3 is 2.60 bits per heavy atom. The molecule has 0 saturated carbocycles. The number of fused-ring (bicyclic) bond motifs is 1. The maximum absolute atomic E-state index is 14.6. The first-order chi connectivity index (χ1) is 14.3. The Morgan fingerprint density at radius 1 is 1.33 bits per heavy atom. The molecule has 1 heterocycles. The van der Waals surface area contributed by atoms with Crippen LogP contribution in [0, 0.1) is 5.82 Å². The maximum atomic E-state index is 14.6. The Balaban J connectivity index is 0.00000155. The van der Waals surface area contributed by atoms with Crippen LogP contribution in [0.25, 0.3) is 0 Å². The maximum Gasteiger partial charge on any atom is 0.261 e. The van der Waals surface area contributed by atoms with E-state index in [4.69, 9.17) is 16.3 Å². The molecular weight excluding hydrogens is 411 g/mol. The predicted octanol–water partition coefficient (Wildman–Crippen LogP) is 4.52. The summed E-state index contributed by atoms with van der Waals surface area (Å²) in [6.07, 6.45) is 1.20. The van der Waals surface area contributed by atoms with Gasteiger partial charge in [0, 0.05) is 37.5 Å². The van der Waals surface area contributed by atoms with Crippen molar-refractivity contribution in [2.75, 3.05) is 19.1 Å². The fourth-order valence-corrected chi connectivity index (χ4v) is 3.44. The van der Waals surface area contributed by atoms with Crippen LogP contribution in [-0.4, -0.2) is 36.0 Å². The van der Waals surface area contributed by atoms with Crippen LogP contribution in [-0.2, 0) is 17.9 Å². The van der Waals surface area contributed by atoms with Crippen molar-refractivity contribution >= 4 is 29.1 Å². The van der Waals surface area contributed by atoms with Gasteiger partial charge in [0.05, 0.1) is 7.11 Å². The van der Waals surface area contributed by atoms with Crippen molar-refractivity contribution in [3.63, 3.8) is 0 Å². The van der Waals surface area contributed by atoms with Gasteiger partial charge in [0.1, 0.15) is 22.1 Å². The Labute approximate surface area is 180 Å². The van der Waals surface area contributed by atoms with Crippen molar-refractivity contribution in [2.24, 2.45) is 0 Å². The lowest BCUT2D eigenvalue weighted by atomic mass is 10.1. The molecule has 160 valence electrons. The quantitative estimate of drug-likeness (QED) is 0.718. The van der Waals surface area contributed by atoms with Gasteiger partial charge in [-0.2, -0.15) is 0 Å². The molecule has 2 aromatic rings. The number of anilines is 1. The van der Waals surface area contributed by atoms with Gasteiger partial charge < -0.3 is 19.6 Å². The van der Waals surface area contributed by atoms with E-state index in [-0.39, 0.29) is 29.8 Å². The molecule has 0 spiro atoms. The molecular formula is C22H24ClFN2O4. The number of nitrogens with zero attached hydrogens (tertiary/aromatic N) is 2. The standard InChI is InChI=1S/C20H18ClFN2O4.C2H6/c1-4-16(26)23(2)13-7-5-6-11-9-24(10-12(11)13)20(27)17-14(25)8-15(28-3)18(21)19(17)22;1-2/h4-8,25H,1,9-10H2,2-3H3;1-2H3. The van der Waals surface area contributed by atoms with Gasteiger partial charge in [0.15, 0.2) is 5.82 Å². The van der Waals surface area contributed by atoms with Crippen molar-refractivity contribution < 1.29 is 23.8 Å².